The number of rotatable bonds is 4. The topological polar surface area (TPSA) is 71.3 Å². The lowest BCUT2D eigenvalue weighted by molar-refractivity contribution is -0.145. The first-order valence-electron chi connectivity index (χ1n) is 7.35. The lowest BCUT2D eigenvalue weighted by Gasteiger charge is -2.34. The largest absolute Gasteiger partial charge is 0.480 e. The molecular weight excluding hydrogens is 256 g/mol. The number of aliphatic carboxylic acids is 1. The Morgan fingerprint density at radius 3 is 2.55 bits per heavy atom. The van der Waals surface area contributed by atoms with Crippen LogP contribution in [0.3, 0.4) is 0 Å². The van der Waals surface area contributed by atoms with Gasteiger partial charge in [-0.15, -0.1) is 0 Å². The molecule has 0 saturated heterocycles. The molecule has 1 heterocycles. The molecule has 20 heavy (non-hydrogen) atoms. The quantitative estimate of drug-likeness (QED) is 0.886. The number of hydrogen-bond donors (Lipinski definition) is 2. The van der Waals surface area contributed by atoms with Crippen LogP contribution in [0.25, 0.3) is 0 Å². The number of nitrogens with zero attached hydrogens (tertiary/aromatic N) is 1. The Morgan fingerprint density at radius 2 is 1.95 bits per heavy atom. The number of amides is 1. The number of nitrogens with one attached hydrogen (secondary N) is 1. The molecule has 2 aliphatic rings. The van der Waals surface area contributed by atoms with Crippen LogP contribution < -0.4 is 5.32 Å². The fraction of sp³-hybridized carbons (Fsp3) is 0.600. The Kier molecular flexibility index (Phi) is 3.28. The van der Waals surface area contributed by atoms with Crippen molar-refractivity contribution in [2.24, 2.45) is 0 Å². The van der Waals surface area contributed by atoms with Gasteiger partial charge >= 0.3 is 5.97 Å². The number of carbonyl (C=O) groups excluding carboxylic acids is 1. The molecule has 5 nitrogen and oxygen atoms in total. The lowest BCUT2D eigenvalue weighted by Crippen LogP contribution is -2.55. The van der Waals surface area contributed by atoms with Gasteiger partial charge in [0.2, 0.25) is 0 Å². The van der Waals surface area contributed by atoms with Crippen molar-refractivity contribution < 1.29 is 14.7 Å². The zero-order chi connectivity index (χ0) is 14.2. The predicted molar refractivity (Wildman–Crippen MR) is 73.6 cm³/mol. The lowest BCUT2D eigenvalue weighted by atomic mass is 9.81. The molecule has 0 aromatic carbocycles. The zero-order valence-electron chi connectivity index (χ0n) is 11.5. The van der Waals surface area contributed by atoms with Gasteiger partial charge in [0.25, 0.3) is 5.91 Å². The molecule has 1 amide bonds. The first kappa shape index (κ1) is 13.2. The first-order chi connectivity index (χ1) is 9.62. The van der Waals surface area contributed by atoms with E-state index in [1.807, 2.05) is 16.8 Å². The molecule has 3 rings (SSSR count). The highest BCUT2D eigenvalue weighted by atomic mass is 16.4. The maximum Gasteiger partial charge on any atom is 0.329 e. The van der Waals surface area contributed by atoms with E-state index in [2.05, 4.69) is 5.32 Å². The molecule has 108 valence electrons. The fourth-order valence-corrected chi connectivity index (χ4v) is 3.09. The molecule has 2 fully saturated rings. The number of carboxylic acids is 1. The second-order valence-electron chi connectivity index (χ2n) is 5.93. The van der Waals surface area contributed by atoms with Crippen LogP contribution in [0.15, 0.2) is 18.3 Å². The number of hydrogen-bond acceptors (Lipinski definition) is 2. The highest BCUT2D eigenvalue weighted by Crippen LogP contribution is 2.36. The van der Waals surface area contributed by atoms with Gasteiger partial charge in [0, 0.05) is 12.2 Å². The highest BCUT2D eigenvalue weighted by molar-refractivity contribution is 5.96. The van der Waals surface area contributed by atoms with E-state index in [1.165, 1.54) is 0 Å². The molecule has 0 radical (unpaired) electrons. The minimum absolute atomic E-state index is 0.258. The van der Waals surface area contributed by atoms with E-state index in [0.717, 1.165) is 32.1 Å². The summed E-state index contributed by atoms with van der Waals surface area (Å²) in [6.45, 7) is 0. The molecule has 2 N–H and O–H groups in total. The summed E-state index contributed by atoms with van der Waals surface area (Å²) in [5.41, 5.74) is -0.493. The Balaban J connectivity index is 1.79. The molecule has 2 saturated carbocycles. The van der Waals surface area contributed by atoms with Crippen LogP contribution in [0.4, 0.5) is 0 Å². The van der Waals surface area contributed by atoms with Crippen molar-refractivity contribution in [2.45, 2.75) is 56.5 Å². The summed E-state index contributed by atoms with van der Waals surface area (Å²) in [5, 5.41) is 12.3. The Labute approximate surface area is 118 Å². The second kappa shape index (κ2) is 4.96. The summed E-state index contributed by atoms with van der Waals surface area (Å²) < 4.78 is 1.97. The van der Waals surface area contributed by atoms with Gasteiger partial charge in [-0.25, -0.2) is 4.79 Å². The maximum absolute atomic E-state index is 12.4. The highest BCUT2D eigenvalue weighted by Gasteiger charge is 2.41. The summed E-state index contributed by atoms with van der Waals surface area (Å²) in [4.78, 5) is 24.0. The average Bonchev–Trinajstić information content (AvgIpc) is 3.16. The minimum Gasteiger partial charge on any atom is -0.480 e. The monoisotopic (exact) mass is 276 g/mol. The van der Waals surface area contributed by atoms with Gasteiger partial charge < -0.3 is 15.0 Å². The normalized spacial score (nSPS) is 21.4. The first-order valence-corrected chi connectivity index (χ1v) is 7.35. The minimum atomic E-state index is -1.08. The SMILES string of the molecule is O=C(NC1(C(=O)O)CCCCC1)c1cccn1C1CC1. The number of carboxylic acid groups (broad SMARTS) is 1. The third-order valence-corrected chi connectivity index (χ3v) is 4.42. The molecule has 0 atom stereocenters. The van der Waals surface area contributed by atoms with Gasteiger partial charge in [-0.3, -0.25) is 4.79 Å². The third-order valence-electron chi connectivity index (χ3n) is 4.42. The fourth-order valence-electron chi connectivity index (χ4n) is 3.09. The molecule has 0 unspecified atom stereocenters. The van der Waals surface area contributed by atoms with Gasteiger partial charge in [-0.05, 0) is 37.8 Å². The summed E-state index contributed by atoms with van der Waals surface area (Å²) in [6.07, 6.45) is 7.91. The summed E-state index contributed by atoms with van der Waals surface area (Å²) in [6, 6.07) is 4.03. The van der Waals surface area contributed by atoms with Crippen LogP contribution >= 0.6 is 0 Å². The van der Waals surface area contributed by atoms with Crippen molar-refractivity contribution in [1.29, 1.82) is 0 Å². The zero-order valence-corrected chi connectivity index (χ0v) is 11.5. The molecule has 0 bridgehead atoms. The smallest absolute Gasteiger partial charge is 0.329 e. The molecule has 0 spiro atoms. The van der Waals surface area contributed by atoms with Crippen LogP contribution in [0, 0.1) is 0 Å². The summed E-state index contributed by atoms with van der Waals surface area (Å²) >= 11 is 0. The van der Waals surface area contributed by atoms with Crippen molar-refractivity contribution in [2.75, 3.05) is 0 Å². The summed E-state index contributed by atoms with van der Waals surface area (Å²) in [5.74, 6) is -1.17. The van der Waals surface area contributed by atoms with Crippen LogP contribution in [0.2, 0.25) is 0 Å². The van der Waals surface area contributed by atoms with E-state index in [4.69, 9.17) is 0 Å². The molecule has 0 aliphatic heterocycles. The van der Waals surface area contributed by atoms with Crippen LogP contribution in [-0.4, -0.2) is 27.1 Å². The molecular formula is C15H20N2O3. The van der Waals surface area contributed by atoms with E-state index in [1.54, 1.807) is 6.07 Å². The Morgan fingerprint density at radius 1 is 1.25 bits per heavy atom. The standard InChI is InChI=1S/C15H20N2O3/c18-13(12-5-4-10-17(12)11-6-7-11)16-15(14(19)20)8-2-1-3-9-15/h4-5,10-11H,1-3,6-9H2,(H,16,18)(H,19,20). The average molecular weight is 276 g/mol. The van der Waals surface area contributed by atoms with Crippen molar-refractivity contribution in [3.8, 4) is 0 Å². The van der Waals surface area contributed by atoms with Crippen molar-refractivity contribution in [1.82, 2.24) is 9.88 Å². The van der Waals surface area contributed by atoms with Gasteiger partial charge in [0.1, 0.15) is 11.2 Å². The Hall–Kier alpha value is -1.78. The van der Waals surface area contributed by atoms with Gasteiger partial charge in [0.05, 0.1) is 0 Å². The second-order valence-corrected chi connectivity index (χ2v) is 5.93. The van der Waals surface area contributed by atoms with Crippen molar-refractivity contribution in [3.05, 3.63) is 24.0 Å². The van der Waals surface area contributed by atoms with Gasteiger partial charge in [-0.2, -0.15) is 0 Å². The van der Waals surface area contributed by atoms with E-state index in [0.29, 0.717) is 24.6 Å². The summed E-state index contributed by atoms with van der Waals surface area (Å²) in [7, 11) is 0. The Bertz CT molecular complexity index is 525. The van der Waals surface area contributed by atoms with Crippen molar-refractivity contribution >= 4 is 11.9 Å². The third kappa shape index (κ3) is 2.32. The number of aromatic nitrogens is 1. The maximum atomic E-state index is 12.4. The van der Waals surface area contributed by atoms with E-state index >= 15 is 0 Å². The molecule has 1 aromatic heterocycles. The van der Waals surface area contributed by atoms with Gasteiger partial charge in [-0.1, -0.05) is 19.3 Å². The van der Waals surface area contributed by atoms with Crippen LogP contribution in [0.5, 0.6) is 0 Å². The molecule has 2 aliphatic carbocycles. The molecule has 1 aromatic rings. The molecule has 5 heteroatoms. The van der Waals surface area contributed by atoms with E-state index < -0.39 is 11.5 Å². The van der Waals surface area contributed by atoms with E-state index in [9.17, 15) is 14.7 Å². The van der Waals surface area contributed by atoms with Crippen molar-refractivity contribution in [3.63, 3.8) is 0 Å². The van der Waals surface area contributed by atoms with Crippen LogP contribution in [-0.2, 0) is 4.79 Å². The number of carbonyl (C=O) groups is 2. The predicted octanol–water partition coefficient (Wildman–Crippen LogP) is 2.34. The van der Waals surface area contributed by atoms with Crippen LogP contribution in [0.1, 0.15) is 61.5 Å². The van der Waals surface area contributed by atoms with E-state index in [-0.39, 0.29) is 5.91 Å². The van der Waals surface area contributed by atoms with Gasteiger partial charge in [0.15, 0.2) is 0 Å².